The van der Waals surface area contributed by atoms with Crippen molar-refractivity contribution >= 4 is 15.9 Å². The fraction of sp³-hybridized carbons (Fsp3) is 0.769. The zero-order valence-electron chi connectivity index (χ0n) is 10.9. The molecule has 0 aliphatic heterocycles. The molecule has 3 unspecified atom stereocenters. The summed E-state index contributed by atoms with van der Waals surface area (Å²) in [4.78, 5) is 0. The van der Waals surface area contributed by atoms with Crippen LogP contribution in [0, 0.1) is 11.8 Å². The fourth-order valence-corrected chi connectivity index (χ4v) is 3.64. The van der Waals surface area contributed by atoms with Gasteiger partial charge in [0.05, 0.1) is 15.9 Å². The molecule has 1 aromatic rings. The molecule has 1 aromatic heterocycles. The lowest BCUT2D eigenvalue weighted by Crippen LogP contribution is -2.26. The molecule has 4 heteroatoms. The fourth-order valence-electron chi connectivity index (χ4n) is 2.86. The van der Waals surface area contributed by atoms with Crippen LogP contribution in [0.3, 0.4) is 0 Å². The third-order valence-electron chi connectivity index (χ3n) is 4.25. The number of halogens is 1. The van der Waals surface area contributed by atoms with Crippen molar-refractivity contribution in [1.82, 2.24) is 9.78 Å². The van der Waals surface area contributed by atoms with Crippen molar-refractivity contribution in [3.63, 3.8) is 0 Å². The maximum Gasteiger partial charge on any atom is 0.0766 e. The summed E-state index contributed by atoms with van der Waals surface area (Å²) < 4.78 is 3.23. The summed E-state index contributed by atoms with van der Waals surface area (Å²) >= 11 is 3.69. The Balaban J connectivity index is 2.16. The van der Waals surface area contributed by atoms with E-state index >= 15 is 0 Å². The van der Waals surface area contributed by atoms with E-state index in [0.717, 1.165) is 18.5 Å². The second kappa shape index (κ2) is 5.11. The average molecular weight is 300 g/mol. The van der Waals surface area contributed by atoms with Gasteiger partial charge < -0.3 is 5.73 Å². The van der Waals surface area contributed by atoms with E-state index in [-0.39, 0.29) is 0 Å². The molecule has 96 valence electrons. The van der Waals surface area contributed by atoms with Crippen LogP contribution in [0.25, 0.3) is 0 Å². The van der Waals surface area contributed by atoms with Gasteiger partial charge in [-0.2, -0.15) is 5.10 Å². The maximum atomic E-state index is 6.10. The number of aromatic nitrogens is 2. The van der Waals surface area contributed by atoms with Gasteiger partial charge in [0.15, 0.2) is 0 Å². The van der Waals surface area contributed by atoms with Crippen molar-refractivity contribution in [2.45, 2.75) is 45.6 Å². The lowest BCUT2D eigenvalue weighted by molar-refractivity contribution is 0.382. The third kappa shape index (κ3) is 2.43. The number of nitrogens with two attached hydrogens (primary N) is 1. The van der Waals surface area contributed by atoms with E-state index in [0.29, 0.717) is 17.9 Å². The number of hydrogen-bond acceptors (Lipinski definition) is 2. The van der Waals surface area contributed by atoms with Crippen LogP contribution in [-0.4, -0.2) is 15.8 Å². The SMILES string of the molecule is CCc1nn(C)c(CC2CCC(N)C2C)c1Br. The van der Waals surface area contributed by atoms with Gasteiger partial charge in [-0.05, 0) is 53.4 Å². The van der Waals surface area contributed by atoms with Crippen molar-refractivity contribution in [2.24, 2.45) is 24.6 Å². The van der Waals surface area contributed by atoms with E-state index < -0.39 is 0 Å². The zero-order valence-corrected chi connectivity index (χ0v) is 12.5. The maximum absolute atomic E-state index is 6.10. The summed E-state index contributed by atoms with van der Waals surface area (Å²) in [6, 6.07) is 0.387. The lowest BCUT2D eigenvalue weighted by Gasteiger charge is -2.18. The first-order valence-electron chi connectivity index (χ1n) is 6.50. The molecule has 17 heavy (non-hydrogen) atoms. The quantitative estimate of drug-likeness (QED) is 0.932. The van der Waals surface area contributed by atoms with Gasteiger partial charge in [-0.25, -0.2) is 0 Å². The first kappa shape index (κ1) is 13.1. The summed E-state index contributed by atoms with van der Waals surface area (Å²) in [6.07, 6.45) is 4.50. The molecule has 2 rings (SSSR count). The van der Waals surface area contributed by atoms with Crippen molar-refractivity contribution in [3.05, 3.63) is 15.9 Å². The summed E-state index contributed by atoms with van der Waals surface area (Å²) in [6.45, 7) is 4.43. The smallest absolute Gasteiger partial charge is 0.0766 e. The minimum absolute atomic E-state index is 0.387. The van der Waals surface area contributed by atoms with Crippen molar-refractivity contribution < 1.29 is 0 Å². The van der Waals surface area contributed by atoms with Crippen LogP contribution in [0.2, 0.25) is 0 Å². The van der Waals surface area contributed by atoms with Gasteiger partial charge in [-0.3, -0.25) is 4.68 Å². The lowest BCUT2D eigenvalue weighted by atomic mass is 9.91. The monoisotopic (exact) mass is 299 g/mol. The van der Waals surface area contributed by atoms with Crippen LogP contribution < -0.4 is 5.73 Å². The molecule has 1 heterocycles. The molecular formula is C13H22BrN3. The zero-order chi connectivity index (χ0) is 12.6. The van der Waals surface area contributed by atoms with Crippen LogP contribution in [0.1, 0.15) is 38.1 Å². The van der Waals surface area contributed by atoms with Crippen molar-refractivity contribution in [2.75, 3.05) is 0 Å². The highest BCUT2D eigenvalue weighted by Gasteiger charge is 2.31. The van der Waals surface area contributed by atoms with Crippen LogP contribution in [-0.2, 0) is 19.9 Å². The van der Waals surface area contributed by atoms with E-state index in [1.807, 2.05) is 11.7 Å². The summed E-state index contributed by atoms with van der Waals surface area (Å²) in [5.74, 6) is 1.34. The number of rotatable bonds is 3. The molecule has 1 fully saturated rings. The van der Waals surface area contributed by atoms with E-state index in [2.05, 4.69) is 34.9 Å². The second-order valence-electron chi connectivity index (χ2n) is 5.25. The molecule has 3 nitrogen and oxygen atoms in total. The Kier molecular flexibility index (Phi) is 3.93. The molecular weight excluding hydrogens is 278 g/mol. The van der Waals surface area contributed by atoms with Crippen LogP contribution >= 0.6 is 15.9 Å². The first-order valence-corrected chi connectivity index (χ1v) is 7.29. The summed E-state index contributed by atoms with van der Waals surface area (Å²) in [5.41, 5.74) is 8.59. The van der Waals surface area contributed by atoms with Gasteiger partial charge in [0.1, 0.15) is 0 Å². The minimum Gasteiger partial charge on any atom is -0.327 e. The molecule has 0 bridgehead atoms. The minimum atomic E-state index is 0.387. The molecule has 0 aromatic carbocycles. The second-order valence-corrected chi connectivity index (χ2v) is 6.04. The van der Waals surface area contributed by atoms with Crippen LogP contribution in [0.5, 0.6) is 0 Å². The normalized spacial score (nSPS) is 28.9. The topological polar surface area (TPSA) is 43.8 Å². The number of nitrogens with zero attached hydrogens (tertiary/aromatic N) is 2. The molecule has 1 saturated carbocycles. The Morgan fingerprint density at radius 2 is 2.18 bits per heavy atom. The van der Waals surface area contributed by atoms with E-state index in [1.165, 1.54) is 23.0 Å². The Bertz CT molecular complexity index is 400. The standard InChI is InChI=1S/C13H22BrN3/c1-4-11-13(14)12(17(3)16-11)7-9-5-6-10(15)8(9)2/h8-10H,4-7,15H2,1-3H3. The van der Waals surface area contributed by atoms with Gasteiger partial charge in [0, 0.05) is 13.1 Å². The highest BCUT2D eigenvalue weighted by molar-refractivity contribution is 9.10. The average Bonchev–Trinajstić information content (AvgIpc) is 2.76. The Morgan fingerprint density at radius 3 is 2.65 bits per heavy atom. The van der Waals surface area contributed by atoms with Crippen molar-refractivity contribution in [3.8, 4) is 0 Å². The number of hydrogen-bond donors (Lipinski definition) is 1. The summed E-state index contributed by atoms with van der Waals surface area (Å²) in [5, 5.41) is 4.55. The Hall–Kier alpha value is -0.350. The first-order chi connectivity index (χ1) is 8.04. The summed E-state index contributed by atoms with van der Waals surface area (Å²) in [7, 11) is 2.04. The third-order valence-corrected chi connectivity index (χ3v) is 5.16. The highest BCUT2D eigenvalue weighted by atomic mass is 79.9. The highest BCUT2D eigenvalue weighted by Crippen LogP contribution is 2.35. The largest absolute Gasteiger partial charge is 0.327 e. The molecule has 3 atom stereocenters. The predicted octanol–water partition coefficient (Wildman–Crippen LogP) is 2.66. The molecule has 0 saturated heterocycles. The number of aryl methyl sites for hydroxylation is 2. The van der Waals surface area contributed by atoms with Gasteiger partial charge >= 0.3 is 0 Å². The molecule has 2 N–H and O–H groups in total. The van der Waals surface area contributed by atoms with Gasteiger partial charge in [0.25, 0.3) is 0 Å². The molecule has 1 aliphatic rings. The van der Waals surface area contributed by atoms with Gasteiger partial charge in [0.2, 0.25) is 0 Å². The molecule has 0 spiro atoms. The molecule has 0 amide bonds. The predicted molar refractivity (Wildman–Crippen MR) is 73.9 cm³/mol. The van der Waals surface area contributed by atoms with E-state index in [4.69, 9.17) is 5.73 Å². The van der Waals surface area contributed by atoms with E-state index in [1.54, 1.807) is 0 Å². The van der Waals surface area contributed by atoms with Crippen LogP contribution in [0.15, 0.2) is 4.47 Å². The van der Waals surface area contributed by atoms with Gasteiger partial charge in [-0.15, -0.1) is 0 Å². The van der Waals surface area contributed by atoms with Gasteiger partial charge in [-0.1, -0.05) is 13.8 Å². The molecule has 0 radical (unpaired) electrons. The van der Waals surface area contributed by atoms with Crippen molar-refractivity contribution in [1.29, 1.82) is 0 Å². The Labute approximate surface area is 112 Å². The Morgan fingerprint density at radius 1 is 1.47 bits per heavy atom. The molecule has 1 aliphatic carbocycles. The van der Waals surface area contributed by atoms with Crippen LogP contribution in [0.4, 0.5) is 0 Å². The van der Waals surface area contributed by atoms with E-state index in [9.17, 15) is 0 Å².